The van der Waals surface area contributed by atoms with Crippen LogP contribution in [0.15, 0.2) is 109 Å². The Morgan fingerprint density at radius 1 is 0.761 bits per heavy atom. The van der Waals surface area contributed by atoms with Gasteiger partial charge in [-0.15, -0.1) is 0 Å². The van der Waals surface area contributed by atoms with Crippen LogP contribution in [0, 0.1) is 5.41 Å². The Morgan fingerprint density at radius 2 is 1.35 bits per heavy atom. The number of rotatable bonds is 6. The molecule has 0 spiro atoms. The Balaban J connectivity index is 1.52. The maximum atomic E-state index is 13.6. The van der Waals surface area contributed by atoms with E-state index in [-0.39, 0.29) is 11.9 Å². The first-order valence-corrected chi connectivity index (χ1v) is 15.6. The molecule has 2 bridgehead atoms. The van der Waals surface area contributed by atoms with Gasteiger partial charge in [-0.1, -0.05) is 60.7 Å². The van der Waals surface area contributed by atoms with E-state index in [1.165, 1.54) is 0 Å². The van der Waals surface area contributed by atoms with Crippen molar-refractivity contribution in [3.05, 3.63) is 154 Å². The minimum Gasteiger partial charge on any atom is -0.426 e. The Hall–Kier alpha value is -5.23. The molecule has 0 saturated heterocycles. The smallest absolute Gasteiger partial charge is 0.343 e. The molecule has 0 radical (unpaired) electrons. The van der Waals surface area contributed by atoms with Crippen molar-refractivity contribution in [1.29, 1.82) is 0 Å². The summed E-state index contributed by atoms with van der Waals surface area (Å²) in [4.78, 5) is 33.2. The average molecular weight is 609 g/mol. The molecule has 230 valence electrons. The van der Waals surface area contributed by atoms with Crippen LogP contribution in [0.1, 0.15) is 76.0 Å². The molecule has 0 unspecified atom stereocenters. The number of anilines is 1. The minimum absolute atomic E-state index is 0.220. The second-order valence-electron chi connectivity index (χ2n) is 13.4. The summed E-state index contributed by atoms with van der Waals surface area (Å²) in [5, 5.41) is 0. The van der Waals surface area contributed by atoms with E-state index in [4.69, 9.17) is 9.47 Å². The van der Waals surface area contributed by atoms with Crippen molar-refractivity contribution in [2.24, 2.45) is 5.41 Å². The summed E-state index contributed by atoms with van der Waals surface area (Å²) in [5.41, 5.74) is 7.53. The van der Waals surface area contributed by atoms with E-state index >= 15 is 0 Å². The van der Waals surface area contributed by atoms with Gasteiger partial charge in [0.1, 0.15) is 11.5 Å². The molecule has 4 aromatic carbocycles. The van der Waals surface area contributed by atoms with E-state index in [0.717, 1.165) is 44.6 Å². The maximum absolute atomic E-state index is 13.6. The van der Waals surface area contributed by atoms with Gasteiger partial charge in [0.25, 0.3) is 0 Å². The van der Waals surface area contributed by atoms with Gasteiger partial charge >= 0.3 is 11.9 Å². The normalized spacial score (nSPS) is 17.4. The number of benzene rings is 4. The SMILES string of the molecule is CN(C)c1ccc(CC23c4ccccc4C(c4ccccc42)c2c(OC(=O)C(C)(C)C)ccc(OC(=O)c4ccncc4)c23)cc1. The van der Waals surface area contributed by atoms with Gasteiger partial charge in [-0.05, 0) is 91.4 Å². The first kappa shape index (κ1) is 29.5. The van der Waals surface area contributed by atoms with Crippen molar-refractivity contribution in [2.45, 2.75) is 38.5 Å². The minimum atomic E-state index is -0.741. The van der Waals surface area contributed by atoms with Crippen LogP contribution in [-0.4, -0.2) is 31.0 Å². The number of hydrogen-bond acceptors (Lipinski definition) is 6. The van der Waals surface area contributed by atoms with E-state index in [9.17, 15) is 9.59 Å². The van der Waals surface area contributed by atoms with Crippen LogP contribution in [0.25, 0.3) is 0 Å². The lowest BCUT2D eigenvalue weighted by molar-refractivity contribution is -0.143. The van der Waals surface area contributed by atoms with E-state index < -0.39 is 16.8 Å². The Morgan fingerprint density at radius 3 is 1.93 bits per heavy atom. The predicted molar refractivity (Wildman–Crippen MR) is 179 cm³/mol. The first-order chi connectivity index (χ1) is 22.1. The zero-order valence-corrected chi connectivity index (χ0v) is 26.7. The van der Waals surface area contributed by atoms with Crippen molar-refractivity contribution < 1.29 is 19.1 Å². The van der Waals surface area contributed by atoms with E-state index in [1.807, 2.05) is 34.9 Å². The summed E-state index contributed by atoms with van der Waals surface area (Å²) in [7, 11) is 4.06. The van der Waals surface area contributed by atoms with Gasteiger partial charge in [0, 0.05) is 49.2 Å². The summed E-state index contributed by atoms with van der Waals surface area (Å²) in [6, 6.07) is 32.5. The number of aromatic nitrogens is 1. The van der Waals surface area contributed by atoms with E-state index in [2.05, 4.69) is 82.7 Å². The highest BCUT2D eigenvalue weighted by Gasteiger charge is 2.54. The van der Waals surface area contributed by atoms with Gasteiger partial charge < -0.3 is 14.4 Å². The van der Waals surface area contributed by atoms with Gasteiger partial charge in [0.2, 0.25) is 0 Å². The Labute approximate surface area is 269 Å². The largest absolute Gasteiger partial charge is 0.426 e. The fourth-order valence-corrected chi connectivity index (χ4v) is 7.05. The number of nitrogens with zero attached hydrogens (tertiary/aromatic N) is 2. The molecule has 0 saturated carbocycles. The second-order valence-corrected chi connectivity index (χ2v) is 13.4. The lowest BCUT2D eigenvalue weighted by Gasteiger charge is -2.51. The topological polar surface area (TPSA) is 68.7 Å². The van der Waals surface area contributed by atoms with Crippen molar-refractivity contribution >= 4 is 17.6 Å². The lowest BCUT2D eigenvalue weighted by Crippen LogP contribution is -2.44. The van der Waals surface area contributed by atoms with Crippen molar-refractivity contribution in [2.75, 3.05) is 19.0 Å². The summed E-state index contributed by atoms with van der Waals surface area (Å²) in [6.45, 7) is 5.55. The first-order valence-electron chi connectivity index (χ1n) is 15.6. The fraction of sp³-hybridized carbons (Fsp3) is 0.225. The highest BCUT2D eigenvalue weighted by Crippen LogP contribution is 2.64. The number of carbonyl (C=O) groups is 2. The molecule has 46 heavy (non-hydrogen) atoms. The number of ether oxygens (including phenoxy) is 2. The van der Waals surface area contributed by atoms with Gasteiger partial charge in [0.15, 0.2) is 0 Å². The van der Waals surface area contributed by atoms with Crippen LogP contribution in [0.5, 0.6) is 11.5 Å². The molecule has 0 fully saturated rings. The van der Waals surface area contributed by atoms with Crippen LogP contribution >= 0.6 is 0 Å². The van der Waals surface area contributed by atoms with E-state index in [1.54, 1.807) is 36.7 Å². The zero-order chi connectivity index (χ0) is 32.2. The number of carbonyl (C=O) groups excluding carboxylic acids is 2. The van der Waals surface area contributed by atoms with Crippen LogP contribution in [0.3, 0.4) is 0 Å². The molecule has 0 N–H and O–H groups in total. The zero-order valence-electron chi connectivity index (χ0n) is 26.7. The van der Waals surface area contributed by atoms with Crippen LogP contribution < -0.4 is 14.4 Å². The predicted octanol–water partition coefficient (Wildman–Crippen LogP) is 7.70. The molecule has 1 aromatic heterocycles. The third-order valence-electron chi connectivity index (χ3n) is 9.20. The molecule has 3 aliphatic carbocycles. The Bertz CT molecular complexity index is 1930. The molecule has 5 aromatic rings. The standard InChI is InChI=1S/C40H36N2O4/c1-39(2,3)38(44)46-32-18-19-33(45-37(43)26-20-22-41-23-21-26)36-35(32)34-28-10-6-8-12-30(28)40(36,31-13-9-7-11-29(31)34)24-25-14-16-27(17-15-25)42(4)5/h6-23,34H,24H2,1-5H3. The Kier molecular flexibility index (Phi) is 7.04. The molecule has 0 amide bonds. The van der Waals surface area contributed by atoms with Crippen molar-refractivity contribution in [3.8, 4) is 11.5 Å². The molecular weight excluding hydrogens is 572 g/mol. The summed E-state index contributed by atoms with van der Waals surface area (Å²) in [6.07, 6.45) is 3.76. The molecule has 1 heterocycles. The molecular formula is C40H36N2O4. The van der Waals surface area contributed by atoms with Crippen LogP contribution in [0.2, 0.25) is 0 Å². The highest BCUT2D eigenvalue weighted by molar-refractivity contribution is 5.92. The second kappa shape index (κ2) is 11.0. The average Bonchev–Trinajstić information content (AvgIpc) is 3.06. The molecule has 0 atom stereocenters. The monoisotopic (exact) mass is 608 g/mol. The number of hydrogen-bond donors (Lipinski definition) is 0. The molecule has 0 aliphatic heterocycles. The van der Waals surface area contributed by atoms with Crippen LogP contribution in [0.4, 0.5) is 5.69 Å². The maximum Gasteiger partial charge on any atom is 0.343 e. The summed E-state index contributed by atoms with van der Waals surface area (Å²) in [5.74, 6) is -0.0842. The highest BCUT2D eigenvalue weighted by atomic mass is 16.5. The quantitative estimate of drug-likeness (QED) is 0.145. The third-order valence-corrected chi connectivity index (χ3v) is 9.20. The molecule has 6 nitrogen and oxygen atoms in total. The van der Waals surface area contributed by atoms with Crippen molar-refractivity contribution in [3.63, 3.8) is 0 Å². The van der Waals surface area contributed by atoms with Crippen molar-refractivity contribution in [1.82, 2.24) is 4.98 Å². The molecule has 3 aliphatic rings. The third kappa shape index (κ3) is 4.67. The van der Waals surface area contributed by atoms with Crippen LogP contribution in [-0.2, 0) is 16.6 Å². The number of pyridine rings is 1. The summed E-state index contributed by atoms with van der Waals surface area (Å²) >= 11 is 0. The van der Waals surface area contributed by atoms with E-state index in [0.29, 0.717) is 23.5 Å². The molecule has 8 rings (SSSR count). The van der Waals surface area contributed by atoms with Gasteiger partial charge in [0.05, 0.1) is 16.4 Å². The molecule has 6 heteroatoms. The van der Waals surface area contributed by atoms with Gasteiger partial charge in [-0.2, -0.15) is 0 Å². The summed E-state index contributed by atoms with van der Waals surface area (Å²) < 4.78 is 12.6. The number of esters is 2. The van der Waals surface area contributed by atoms with Gasteiger partial charge in [-0.25, -0.2) is 4.79 Å². The fourth-order valence-electron chi connectivity index (χ4n) is 7.05. The van der Waals surface area contributed by atoms with Gasteiger partial charge in [-0.3, -0.25) is 9.78 Å². The lowest BCUT2D eigenvalue weighted by atomic mass is 9.51.